The van der Waals surface area contributed by atoms with Crippen molar-refractivity contribution in [1.29, 1.82) is 10.5 Å². The number of pyridine rings is 1. The molecule has 0 saturated carbocycles. The van der Waals surface area contributed by atoms with Gasteiger partial charge in [-0.25, -0.2) is 4.98 Å². The maximum atomic E-state index is 11.1. The highest BCUT2D eigenvalue weighted by Gasteiger charge is 2.24. The number of benzene rings is 13. The molecule has 0 amide bonds. The normalized spacial score (nSPS) is 11.5. The minimum atomic E-state index is 0.306. The minimum absolute atomic E-state index is 0.306. The fraction of sp³-hybridized carbons (Fsp3) is 0. The van der Waals surface area contributed by atoms with Gasteiger partial charge in [0.1, 0.15) is 12.1 Å². The zero-order valence-corrected chi connectivity index (χ0v) is 49.2. The number of aromatic nitrogens is 4. The van der Waals surface area contributed by atoms with Gasteiger partial charge in [0.25, 0.3) is 0 Å². The Balaban J connectivity index is 0.855. The fourth-order valence-electron chi connectivity index (χ4n) is 13.9. The molecular weight excluding hydrogens is 1100 g/mol. The van der Waals surface area contributed by atoms with Gasteiger partial charge in [0, 0.05) is 71.6 Å². The quantitative estimate of drug-likeness (QED) is 0.137. The van der Waals surface area contributed by atoms with Gasteiger partial charge in [-0.1, -0.05) is 212 Å². The molecule has 0 spiro atoms. The van der Waals surface area contributed by atoms with Gasteiger partial charge in [-0.2, -0.15) is 10.5 Å². The van der Waals surface area contributed by atoms with E-state index in [-0.39, 0.29) is 0 Å². The van der Waals surface area contributed by atoms with E-state index in [1.165, 1.54) is 60.1 Å². The minimum Gasteiger partial charge on any atom is -0.309 e. The van der Waals surface area contributed by atoms with Gasteiger partial charge in [0.2, 0.25) is 0 Å². The predicted molar refractivity (Wildman–Crippen MR) is 375 cm³/mol. The molecule has 0 aliphatic rings. The van der Waals surface area contributed by atoms with Gasteiger partial charge in [0.15, 0.2) is 0 Å². The van der Waals surface area contributed by atoms with Gasteiger partial charge >= 0.3 is 0 Å². The molecule has 0 N–H and O–H groups in total. The Hall–Kier alpha value is -12.6. The van der Waals surface area contributed by atoms with E-state index in [4.69, 9.17) is 4.98 Å². The Bertz CT molecular complexity index is 5800. The Morgan fingerprint density at radius 2 is 0.615 bits per heavy atom. The third kappa shape index (κ3) is 8.81. The van der Waals surface area contributed by atoms with E-state index in [0.717, 1.165) is 94.9 Å². The molecule has 0 saturated heterocycles. The van der Waals surface area contributed by atoms with Gasteiger partial charge < -0.3 is 13.7 Å². The predicted octanol–water partition coefficient (Wildman–Crippen LogP) is 21.8. The molecule has 4 heterocycles. The maximum absolute atomic E-state index is 11.1. The zero-order chi connectivity index (χ0) is 60.5. The van der Waals surface area contributed by atoms with Crippen molar-refractivity contribution in [2.24, 2.45) is 0 Å². The van der Waals surface area contributed by atoms with Crippen molar-refractivity contribution in [1.82, 2.24) is 18.7 Å². The van der Waals surface area contributed by atoms with Crippen LogP contribution < -0.4 is 0 Å². The van der Waals surface area contributed by atoms with Crippen LogP contribution in [0.3, 0.4) is 0 Å². The maximum Gasteiger partial charge on any atom is 0.101 e. The van der Waals surface area contributed by atoms with Crippen molar-refractivity contribution < 1.29 is 0 Å². The second-order valence-corrected chi connectivity index (χ2v) is 23.2. The molecule has 6 nitrogen and oxygen atoms in total. The van der Waals surface area contributed by atoms with Crippen LogP contribution in [0.25, 0.3) is 161 Å². The van der Waals surface area contributed by atoms with E-state index >= 15 is 0 Å². The fourth-order valence-corrected chi connectivity index (χ4v) is 13.9. The van der Waals surface area contributed by atoms with Crippen molar-refractivity contribution in [3.8, 4) is 107 Å². The first kappa shape index (κ1) is 52.7. The molecule has 17 aromatic rings. The lowest BCUT2D eigenvalue weighted by Gasteiger charge is -2.20. The average molecular weight is 1160 g/mol. The lowest BCUT2D eigenvalue weighted by atomic mass is 9.87. The van der Waals surface area contributed by atoms with Crippen LogP contribution in [-0.2, 0) is 0 Å². The lowest BCUT2D eigenvalue weighted by molar-refractivity contribution is 1.18. The summed E-state index contributed by atoms with van der Waals surface area (Å²) >= 11 is 0. The first-order valence-corrected chi connectivity index (χ1v) is 30.6. The van der Waals surface area contributed by atoms with E-state index in [1.807, 2.05) is 12.1 Å². The number of hydrogen-bond donors (Lipinski definition) is 0. The van der Waals surface area contributed by atoms with E-state index in [9.17, 15) is 10.5 Å². The number of fused-ring (bicyclic) bond motifs is 9. The van der Waals surface area contributed by atoms with E-state index < -0.39 is 0 Å². The lowest BCUT2D eigenvalue weighted by Crippen LogP contribution is -2.00. The zero-order valence-electron chi connectivity index (χ0n) is 49.2. The van der Waals surface area contributed by atoms with Gasteiger partial charge in [-0.3, -0.25) is 0 Å². The average Bonchev–Trinajstić information content (AvgIpc) is 1.73. The van der Waals surface area contributed by atoms with Crippen LogP contribution in [0.5, 0.6) is 0 Å². The number of hydrogen-bond acceptors (Lipinski definition) is 3. The number of nitrogens with zero attached hydrogens (tertiary/aromatic N) is 6. The summed E-state index contributed by atoms with van der Waals surface area (Å²) in [5.41, 5.74) is 23.8. The number of para-hydroxylation sites is 3. The Morgan fingerprint density at radius 3 is 1.02 bits per heavy atom. The Kier molecular flexibility index (Phi) is 12.5. The molecule has 0 unspecified atom stereocenters. The summed E-state index contributed by atoms with van der Waals surface area (Å²) in [6.07, 6.45) is 0. The van der Waals surface area contributed by atoms with Crippen LogP contribution in [-0.4, -0.2) is 18.7 Å². The first-order valence-electron chi connectivity index (χ1n) is 30.6. The van der Waals surface area contributed by atoms with Gasteiger partial charge in [-0.15, -0.1) is 0 Å². The van der Waals surface area contributed by atoms with Crippen molar-refractivity contribution >= 4 is 65.4 Å². The molecule has 0 aliphatic heterocycles. The SMILES string of the molecule is N#Cc1cccc(-c2cc(-c3ccc(-n4c5ccccc5c5cc(-c6ccccc6)ccc54)cc3)nc(-c3ccc(-n4c5ccccc5c5cc(-c6ccccc6)ccc54)cc3)c2-c2ccc(-n3c4ccccc4c4cc(-c5ccccc5)ccc43)cc2)c1C#N. The highest BCUT2D eigenvalue weighted by molar-refractivity contribution is 6.13. The third-order valence-electron chi connectivity index (χ3n) is 18.2. The first-order chi connectivity index (χ1) is 45.0. The molecule has 4 aromatic heterocycles. The molecule has 13 aromatic carbocycles. The molecule has 0 atom stereocenters. The molecule has 0 bridgehead atoms. The van der Waals surface area contributed by atoms with Crippen LogP contribution in [0.15, 0.2) is 315 Å². The third-order valence-corrected chi connectivity index (χ3v) is 18.2. The smallest absolute Gasteiger partial charge is 0.101 e. The molecule has 422 valence electrons. The number of rotatable bonds is 10. The number of nitriles is 2. The molecule has 0 radical (unpaired) electrons. The van der Waals surface area contributed by atoms with Crippen LogP contribution in [0.4, 0.5) is 0 Å². The Labute approximate surface area is 525 Å². The molecule has 91 heavy (non-hydrogen) atoms. The molecular formula is C85H52N6. The van der Waals surface area contributed by atoms with Crippen LogP contribution >= 0.6 is 0 Å². The summed E-state index contributed by atoms with van der Waals surface area (Å²) in [6, 6.07) is 116. The van der Waals surface area contributed by atoms with Gasteiger partial charge in [-0.05, 0) is 148 Å². The van der Waals surface area contributed by atoms with Crippen LogP contribution in [0, 0.1) is 22.7 Å². The summed E-state index contributed by atoms with van der Waals surface area (Å²) in [4.78, 5) is 5.76. The molecule has 6 heteroatoms. The van der Waals surface area contributed by atoms with E-state index in [1.54, 1.807) is 6.07 Å². The second kappa shape index (κ2) is 21.7. The highest BCUT2D eigenvalue weighted by Crippen LogP contribution is 2.46. The Morgan fingerprint density at radius 1 is 0.253 bits per heavy atom. The second-order valence-electron chi connectivity index (χ2n) is 23.2. The largest absolute Gasteiger partial charge is 0.309 e. The summed E-state index contributed by atoms with van der Waals surface area (Å²) in [7, 11) is 0. The molecule has 0 fully saturated rings. The summed E-state index contributed by atoms with van der Waals surface area (Å²) in [6.45, 7) is 0. The standard InChI is InChI=1S/C85H52N6/c86-53-64-23-16-27-68(76(64)54-87)75-52-77(58-31-40-65(41-32-58)89-78-28-13-10-24-69(78)72-49-61(37-46-81(72)89)55-17-4-1-5-18-55)88-85(60-35-44-67(45-36-60)91-80-30-15-12-26-71(80)74-51-63(39-48-83(74)91)57-21-8-3-9-22-57)84(75)59-33-42-66(43-34-59)90-79-29-14-11-25-70(79)73-50-62(38-47-82(73)90)56-19-6-2-7-20-56/h1-52H. The van der Waals surface area contributed by atoms with Crippen molar-refractivity contribution in [2.45, 2.75) is 0 Å². The monoisotopic (exact) mass is 1160 g/mol. The highest BCUT2D eigenvalue weighted by atomic mass is 15.0. The van der Waals surface area contributed by atoms with E-state index in [2.05, 4.69) is 323 Å². The van der Waals surface area contributed by atoms with E-state index in [0.29, 0.717) is 16.7 Å². The van der Waals surface area contributed by atoms with Crippen LogP contribution in [0.1, 0.15) is 11.1 Å². The van der Waals surface area contributed by atoms with Crippen molar-refractivity contribution in [2.75, 3.05) is 0 Å². The summed E-state index contributed by atoms with van der Waals surface area (Å²) in [5.74, 6) is 0. The molecule has 0 aliphatic carbocycles. The summed E-state index contributed by atoms with van der Waals surface area (Å²) < 4.78 is 7.04. The van der Waals surface area contributed by atoms with Crippen molar-refractivity contribution in [3.63, 3.8) is 0 Å². The summed E-state index contributed by atoms with van der Waals surface area (Å²) in [5, 5.41) is 28.8. The van der Waals surface area contributed by atoms with Crippen molar-refractivity contribution in [3.05, 3.63) is 327 Å². The topological polar surface area (TPSA) is 75.3 Å². The van der Waals surface area contributed by atoms with Gasteiger partial charge in [0.05, 0.1) is 55.6 Å². The molecule has 17 rings (SSSR count). The van der Waals surface area contributed by atoms with Crippen LogP contribution in [0.2, 0.25) is 0 Å².